The van der Waals surface area contributed by atoms with Crippen LogP contribution in [0.4, 0.5) is 0 Å². The van der Waals surface area contributed by atoms with Crippen molar-refractivity contribution in [2.24, 2.45) is 5.92 Å². The average molecular weight is 330 g/mol. The Morgan fingerprint density at radius 2 is 1.84 bits per heavy atom. The Hall–Kier alpha value is -0.910. The molecule has 1 aromatic carbocycles. The van der Waals surface area contributed by atoms with Gasteiger partial charge in [0.05, 0.1) is 18.8 Å². The maximum Gasteiger partial charge on any atom is 0.223 e. The second-order valence-electron chi connectivity index (χ2n) is 5.10. The van der Waals surface area contributed by atoms with E-state index in [0.29, 0.717) is 6.42 Å². The molecule has 3 N–H and O–H groups in total. The monoisotopic (exact) mass is 329 g/mol. The molecule has 1 amide bonds. The summed E-state index contributed by atoms with van der Waals surface area (Å²) in [5.41, 5.74) is 0.103. The topological polar surface area (TPSA) is 69.6 Å². The summed E-state index contributed by atoms with van der Waals surface area (Å²) in [6.45, 7) is 2.85. The summed E-state index contributed by atoms with van der Waals surface area (Å²) in [5, 5.41) is 21.0. The Morgan fingerprint density at radius 1 is 1.32 bits per heavy atom. The highest BCUT2D eigenvalue weighted by molar-refractivity contribution is 9.10. The van der Waals surface area contributed by atoms with Crippen LogP contribution in [0.2, 0.25) is 0 Å². The quantitative estimate of drug-likeness (QED) is 0.740. The van der Waals surface area contributed by atoms with Crippen molar-refractivity contribution in [2.75, 3.05) is 13.2 Å². The minimum atomic E-state index is -0.967. The van der Waals surface area contributed by atoms with Crippen LogP contribution in [0.1, 0.15) is 19.4 Å². The van der Waals surface area contributed by atoms with Crippen LogP contribution in [0.25, 0.3) is 0 Å². The smallest absolute Gasteiger partial charge is 0.223 e. The summed E-state index contributed by atoms with van der Waals surface area (Å²) in [7, 11) is 0. The zero-order valence-corrected chi connectivity index (χ0v) is 12.8. The molecule has 0 aliphatic heterocycles. The van der Waals surface area contributed by atoms with Crippen molar-refractivity contribution in [3.8, 4) is 0 Å². The lowest BCUT2D eigenvalue weighted by atomic mass is 9.98. The van der Waals surface area contributed by atoms with Crippen LogP contribution in [0.15, 0.2) is 28.7 Å². The first-order valence-electron chi connectivity index (χ1n) is 6.18. The molecule has 0 bridgehead atoms. The predicted molar refractivity (Wildman–Crippen MR) is 77.7 cm³/mol. The van der Waals surface area contributed by atoms with E-state index < -0.39 is 5.54 Å². The molecule has 0 unspecified atom stereocenters. The van der Waals surface area contributed by atoms with Crippen molar-refractivity contribution in [1.82, 2.24) is 5.32 Å². The molecule has 1 rings (SSSR count). The van der Waals surface area contributed by atoms with Crippen LogP contribution in [-0.2, 0) is 11.2 Å². The fourth-order valence-electron chi connectivity index (χ4n) is 1.62. The van der Waals surface area contributed by atoms with Gasteiger partial charge in [-0.3, -0.25) is 4.79 Å². The van der Waals surface area contributed by atoms with Gasteiger partial charge in [0.2, 0.25) is 5.91 Å². The van der Waals surface area contributed by atoms with Gasteiger partial charge in [-0.25, -0.2) is 0 Å². The van der Waals surface area contributed by atoms with Gasteiger partial charge in [-0.15, -0.1) is 0 Å². The number of benzene rings is 1. The van der Waals surface area contributed by atoms with Gasteiger partial charge < -0.3 is 15.5 Å². The fourth-order valence-corrected chi connectivity index (χ4v) is 1.88. The Morgan fingerprint density at radius 3 is 2.32 bits per heavy atom. The molecule has 0 spiro atoms. The second-order valence-corrected chi connectivity index (χ2v) is 6.01. The number of aliphatic hydroxyl groups is 2. The number of rotatable bonds is 6. The normalized spacial score (nSPS) is 13.1. The van der Waals surface area contributed by atoms with Gasteiger partial charge in [-0.1, -0.05) is 35.0 Å². The van der Waals surface area contributed by atoms with Crippen LogP contribution >= 0.6 is 15.9 Å². The first-order valence-corrected chi connectivity index (χ1v) is 6.97. The number of hydrogen-bond acceptors (Lipinski definition) is 3. The standard InChI is InChI=1S/C14H20BrNO3/c1-10(7-11-3-5-12(15)6-4-11)13(19)16-14(2,8-17)9-18/h3-6,10,17-18H,7-9H2,1-2H3,(H,16,19)/t10-/m1/s1. The molecule has 1 aromatic rings. The number of nitrogens with one attached hydrogen (secondary N) is 1. The molecule has 0 aromatic heterocycles. The van der Waals surface area contributed by atoms with E-state index in [2.05, 4.69) is 21.2 Å². The molecule has 0 heterocycles. The molecule has 5 heteroatoms. The minimum Gasteiger partial charge on any atom is -0.394 e. The van der Waals surface area contributed by atoms with Crippen LogP contribution in [0.3, 0.4) is 0 Å². The number of aliphatic hydroxyl groups excluding tert-OH is 2. The van der Waals surface area contributed by atoms with E-state index in [1.807, 2.05) is 31.2 Å². The molecule has 106 valence electrons. The number of halogens is 1. The average Bonchev–Trinajstić information content (AvgIpc) is 2.41. The molecule has 19 heavy (non-hydrogen) atoms. The van der Waals surface area contributed by atoms with Gasteiger partial charge in [0.1, 0.15) is 0 Å². The van der Waals surface area contributed by atoms with E-state index in [1.165, 1.54) is 0 Å². The molecule has 1 atom stereocenters. The Labute approximate surface area is 122 Å². The van der Waals surface area contributed by atoms with Crippen LogP contribution in [-0.4, -0.2) is 34.9 Å². The van der Waals surface area contributed by atoms with Crippen molar-refractivity contribution < 1.29 is 15.0 Å². The Bertz CT molecular complexity index is 415. The number of amides is 1. The largest absolute Gasteiger partial charge is 0.394 e. The number of carbonyl (C=O) groups is 1. The summed E-state index contributed by atoms with van der Waals surface area (Å²) < 4.78 is 1.00. The van der Waals surface area contributed by atoms with E-state index in [4.69, 9.17) is 10.2 Å². The maximum absolute atomic E-state index is 12.0. The first-order chi connectivity index (χ1) is 8.90. The molecule has 0 radical (unpaired) electrons. The number of hydrogen-bond donors (Lipinski definition) is 3. The van der Waals surface area contributed by atoms with Gasteiger partial charge >= 0.3 is 0 Å². The third-order valence-corrected chi connectivity index (χ3v) is 3.55. The molecule has 0 aliphatic carbocycles. The predicted octanol–water partition coefficient (Wildman–Crippen LogP) is 1.49. The maximum atomic E-state index is 12.0. The molecule has 0 fully saturated rings. The van der Waals surface area contributed by atoms with Crippen molar-refractivity contribution in [1.29, 1.82) is 0 Å². The lowest BCUT2D eigenvalue weighted by molar-refractivity contribution is -0.127. The van der Waals surface area contributed by atoms with E-state index in [-0.39, 0.29) is 25.0 Å². The third-order valence-electron chi connectivity index (χ3n) is 3.03. The zero-order valence-electron chi connectivity index (χ0n) is 11.2. The van der Waals surface area contributed by atoms with Crippen molar-refractivity contribution in [3.63, 3.8) is 0 Å². The molecule has 0 aliphatic rings. The lowest BCUT2D eigenvalue weighted by Crippen LogP contribution is -2.53. The summed E-state index contributed by atoms with van der Waals surface area (Å²) in [6, 6.07) is 7.80. The molecular weight excluding hydrogens is 310 g/mol. The summed E-state index contributed by atoms with van der Waals surface area (Å²) in [5.74, 6) is -0.396. The Balaban J connectivity index is 2.60. The minimum absolute atomic E-state index is 0.173. The summed E-state index contributed by atoms with van der Waals surface area (Å²) >= 11 is 3.36. The van der Waals surface area contributed by atoms with Crippen LogP contribution < -0.4 is 5.32 Å². The van der Waals surface area contributed by atoms with Gasteiger partial charge in [0.15, 0.2) is 0 Å². The first kappa shape index (κ1) is 16.1. The number of carbonyl (C=O) groups excluding carboxylic acids is 1. The Kier molecular flexibility index (Phi) is 5.97. The van der Waals surface area contributed by atoms with E-state index >= 15 is 0 Å². The van der Waals surface area contributed by atoms with Crippen LogP contribution in [0.5, 0.6) is 0 Å². The SMILES string of the molecule is C[C@H](Cc1ccc(Br)cc1)C(=O)NC(C)(CO)CO. The molecule has 0 saturated heterocycles. The van der Waals surface area contributed by atoms with E-state index in [0.717, 1.165) is 10.0 Å². The van der Waals surface area contributed by atoms with Gasteiger partial charge in [-0.05, 0) is 31.0 Å². The third kappa shape index (κ3) is 4.93. The summed E-state index contributed by atoms with van der Waals surface area (Å²) in [4.78, 5) is 12.0. The van der Waals surface area contributed by atoms with Gasteiger partial charge in [-0.2, -0.15) is 0 Å². The van der Waals surface area contributed by atoms with Crippen molar-refractivity contribution in [2.45, 2.75) is 25.8 Å². The van der Waals surface area contributed by atoms with Gasteiger partial charge in [0.25, 0.3) is 0 Å². The second kappa shape index (κ2) is 7.03. The zero-order chi connectivity index (χ0) is 14.5. The van der Waals surface area contributed by atoms with Gasteiger partial charge in [0, 0.05) is 10.4 Å². The highest BCUT2D eigenvalue weighted by Crippen LogP contribution is 2.14. The highest BCUT2D eigenvalue weighted by atomic mass is 79.9. The molecular formula is C14H20BrNO3. The van der Waals surface area contributed by atoms with Crippen molar-refractivity contribution in [3.05, 3.63) is 34.3 Å². The van der Waals surface area contributed by atoms with Crippen molar-refractivity contribution >= 4 is 21.8 Å². The molecule has 0 saturated carbocycles. The lowest BCUT2D eigenvalue weighted by Gasteiger charge is -2.27. The fraction of sp³-hybridized carbons (Fsp3) is 0.500. The van der Waals surface area contributed by atoms with E-state index in [9.17, 15) is 4.79 Å². The highest BCUT2D eigenvalue weighted by Gasteiger charge is 2.26. The van der Waals surface area contributed by atoms with E-state index in [1.54, 1.807) is 6.92 Å². The summed E-state index contributed by atoms with van der Waals surface area (Å²) in [6.07, 6.45) is 0.617. The molecule has 4 nitrogen and oxygen atoms in total. The van der Waals surface area contributed by atoms with Crippen LogP contribution in [0, 0.1) is 5.92 Å².